The minimum Gasteiger partial charge on any atom is -0.459 e. The fourth-order valence-corrected chi connectivity index (χ4v) is 1.56. The molecule has 0 radical (unpaired) electrons. The van der Waals surface area contributed by atoms with E-state index in [1.807, 2.05) is 38.1 Å². The van der Waals surface area contributed by atoms with E-state index in [0.717, 1.165) is 16.7 Å². The highest BCUT2D eigenvalue weighted by Gasteiger charge is 2.19. The number of fused-ring (bicyclic) bond motifs is 1. The zero-order chi connectivity index (χ0) is 10.3. The third-order valence-corrected chi connectivity index (χ3v) is 2.47. The predicted octanol–water partition coefficient (Wildman–Crippen LogP) is 3.28. The van der Waals surface area contributed by atoms with Crippen molar-refractivity contribution in [1.82, 2.24) is 0 Å². The van der Waals surface area contributed by atoms with Crippen LogP contribution in [-0.2, 0) is 5.54 Å². The van der Waals surface area contributed by atoms with Crippen LogP contribution in [0.3, 0.4) is 0 Å². The molecule has 0 aliphatic rings. The van der Waals surface area contributed by atoms with Crippen LogP contribution >= 0.6 is 11.6 Å². The van der Waals surface area contributed by atoms with Gasteiger partial charge in [-0.2, -0.15) is 0 Å². The van der Waals surface area contributed by atoms with Gasteiger partial charge in [-0.25, -0.2) is 0 Å². The molecule has 2 rings (SSSR count). The van der Waals surface area contributed by atoms with E-state index in [0.29, 0.717) is 5.02 Å². The van der Waals surface area contributed by atoms with Gasteiger partial charge < -0.3 is 10.2 Å². The molecule has 0 saturated heterocycles. The normalized spacial score (nSPS) is 12.3. The van der Waals surface area contributed by atoms with Gasteiger partial charge in [-0.3, -0.25) is 0 Å². The van der Waals surface area contributed by atoms with Crippen LogP contribution in [0.5, 0.6) is 0 Å². The Morgan fingerprint density at radius 1 is 1.36 bits per heavy atom. The number of nitrogens with two attached hydrogens (primary N) is 1. The fraction of sp³-hybridized carbons (Fsp3) is 0.273. The molecule has 0 aliphatic carbocycles. The van der Waals surface area contributed by atoms with Crippen molar-refractivity contribution >= 4 is 22.6 Å². The molecule has 14 heavy (non-hydrogen) atoms. The summed E-state index contributed by atoms with van der Waals surface area (Å²) in [6.07, 6.45) is 0. The third-order valence-electron chi connectivity index (χ3n) is 2.14. The second-order valence-electron chi connectivity index (χ2n) is 3.98. The van der Waals surface area contributed by atoms with Crippen molar-refractivity contribution in [1.29, 1.82) is 0 Å². The summed E-state index contributed by atoms with van der Waals surface area (Å²) in [6, 6.07) is 7.49. The molecule has 0 atom stereocenters. The number of rotatable bonds is 1. The minimum absolute atomic E-state index is 0.470. The van der Waals surface area contributed by atoms with Crippen LogP contribution in [0.15, 0.2) is 28.7 Å². The highest BCUT2D eigenvalue weighted by Crippen LogP contribution is 2.30. The summed E-state index contributed by atoms with van der Waals surface area (Å²) in [4.78, 5) is 0. The molecule has 0 unspecified atom stereocenters. The van der Waals surface area contributed by atoms with E-state index in [4.69, 9.17) is 21.8 Å². The lowest BCUT2D eigenvalue weighted by molar-refractivity contribution is 0.413. The Morgan fingerprint density at radius 2 is 2.07 bits per heavy atom. The van der Waals surface area contributed by atoms with Gasteiger partial charge in [0.05, 0.1) is 10.6 Å². The maximum Gasteiger partial charge on any atom is 0.135 e. The van der Waals surface area contributed by atoms with Crippen molar-refractivity contribution in [2.75, 3.05) is 0 Å². The Hall–Kier alpha value is -0.990. The van der Waals surface area contributed by atoms with E-state index in [1.54, 1.807) is 0 Å². The molecule has 0 spiro atoms. The number of furan rings is 1. The van der Waals surface area contributed by atoms with Gasteiger partial charge in [0, 0.05) is 5.39 Å². The second-order valence-corrected chi connectivity index (χ2v) is 4.39. The van der Waals surface area contributed by atoms with Gasteiger partial charge in [0.25, 0.3) is 0 Å². The smallest absolute Gasteiger partial charge is 0.135 e. The van der Waals surface area contributed by atoms with E-state index < -0.39 is 5.54 Å². The lowest BCUT2D eigenvalue weighted by atomic mass is 10.0. The lowest BCUT2D eigenvalue weighted by Crippen LogP contribution is -2.27. The molecule has 1 aromatic carbocycles. The zero-order valence-electron chi connectivity index (χ0n) is 8.17. The van der Waals surface area contributed by atoms with Crippen LogP contribution in [-0.4, -0.2) is 0 Å². The average molecular weight is 210 g/mol. The molecular formula is C11H12ClNO. The van der Waals surface area contributed by atoms with Crippen molar-refractivity contribution < 1.29 is 4.42 Å². The Morgan fingerprint density at radius 3 is 2.64 bits per heavy atom. The summed E-state index contributed by atoms with van der Waals surface area (Å²) in [5.41, 5.74) is 6.25. The van der Waals surface area contributed by atoms with Gasteiger partial charge in [0.1, 0.15) is 11.3 Å². The molecule has 2 aromatic rings. The van der Waals surface area contributed by atoms with E-state index in [-0.39, 0.29) is 0 Å². The van der Waals surface area contributed by atoms with E-state index in [2.05, 4.69) is 0 Å². The van der Waals surface area contributed by atoms with Crippen LogP contribution in [0, 0.1) is 0 Å². The summed E-state index contributed by atoms with van der Waals surface area (Å²) in [6.45, 7) is 3.80. The zero-order valence-corrected chi connectivity index (χ0v) is 8.93. The van der Waals surface area contributed by atoms with Crippen molar-refractivity contribution in [2.45, 2.75) is 19.4 Å². The van der Waals surface area contributed by atoms with Gasteiger partial charge in [-0.1, -0.05) is 17.7 Å². The predicted molar refractivity (Wildman–Crippen MR) is 58.4 cm³/mol. The van der Waals surface area contributed by atoms with Crippen molar-refractivity contribution in [2.24, 2.45) is 5.73 Å². The molecule has 0 amide bonds. The molecule has 0 saturated carbocycles. The maximum absolute atomic E-state index is 6.02. The Balaban J connectivity index is 2.69. The molecule has 0 aliphatic heterocycles. The topological polar surface area (TPSA) is 39.2 Å². The summed E-state index contributed by atoms with van der Waals surface area (Å²) in [5, 5.41) is 1.62. The molecule has 1 aromatic heterocycles. The van der Waals surface area contributed by atoms with Crippen LogP contribution < -0.4 is 5.73 Å². The summed E-state index contributed by atoms with van der Waals surface area (Å²) < 4.78 is 5.60. The largest absolute Gasteiger partial charge is 0.459 e. The number of halogens is 1. The highest BCUT2D eigenvalue weighted by atomic mass is 35.5. The van der Waals surface area contributed by atoms with Gasteiger partial charge in [-0.15, -0.1) is 0 Å². The van der Waals surface area contributed by atoms with Crippen LogP contribution in [0.1, 0.15) is 19.6 Å². The molecule has 74 valence electrons. The van der Waals surface area contributed by atoms with E-state index in [9.17, 15) is 0 Å². The van der Waals surface area contributed by atoms with Crippen molar-refractivity contribution in [3.63, 3.8) is 0 Å². The Kier molecular flexibility index (Phi) is 2.05. The summed E-state index contributed by atoms with van der Waals surface area (Å²) in [5.74, 6) is 0.751. The minimum atomic E-state index is -0.470. The summed E-state index contributed by atoms with van der Waals surface area (Å²) >= 11 is 6.02. The SMILES string of the molecule is CC(C)(N)c1cc2c(Cl)cccc2o1. The monoisotopic (exact) mass is 209 g/mol. The average Bonchev–Trinajstić information content (AvgIpc) is 2.48. The van der Waals surface area contributed by atoms with E-state index in [1.165, 1.54) is 0 Å². The number of benzene rings is 1. The van der Waals surface area contributed by atoms with Gasteiger partial charge in [-0.05, 0) is 32.0 Å². The van der Waals surface area contributed by atoms with Gasteiger partial charge in [0.2, 0.25) is 0 Å². The molecule has 2 N–H and O–H groups in total. The highest BCUT2D eigenvalue weighted by molar-refractivity contribution is 6.35. The van der Waals surface area contributed by atoms with Crippen molar-refractivity contribution in [3.05, 3.63) is 35.0 Å². The summed E-state index contributed by atoms with van der Waals surface area (Å²) in [7, 11) is 0. The molecule has 3 heteroatoms. The Bertz CT molecular complexity index is 468. The van der Waals surface area contributed by atoms with Crippen LogP contribution in [0.2, 0.25) is 5.02 Å². The first-order chi connectivity index (χ1) is 6.48. The first kappa shape index (κ1) is 9.56. The van der Waals surface area contributed by atoms with Gasteiger partial charge in [0.15, 0.2) is 0 Å². The molecule has 1 heterocycles. The van der Waals surface area contributed by atoms with Crippen molar-refractivity contribution in [3.8, 4) is 0 Å². The lowest BCUT2D eigenvalue weighted by Gasteiger charge is -2.13. The molecule has 0 bridgehead atoms. The maximum atomic E-state index is 6.02. The Labute approximate surface area is 87.6 Å². The van der Waals surface area contributed by atoms with Gasteiger partial charge >= 0.3 is 0 Å². The van der Waals surface area contributed by atoms with Crippen LogP contribution in [0.4, 0.5) is 0 Å². The first-order valence-corrected chi connectivity index (χ1v) is 4.84. The third kappa shape index (κ3) is 1.51. The fourth-order valence-electron chi connectivity index (χ4n) is 1.34. The molecular weight excluding hydrogens is 198 g/mol. The number of hydrogen-bond donors (Lipinski definition) is 1. The van der Waals surface area contributed by atoms with E-state index >= 15 is 0 Å². The quantitative estimate of drug-likeness (QED) is 0.783. The first-order valence-electron chi connectivity index (χ1n) is 4.46. The second kappa shape index (κ2) is 3.01. The number of hydrogen-bond acceptors (Lipinski definition) is 2. The molecule has 0 fully saturated rings. The van der Waals surface area contributed by atoms with Crippen LogP contribution in [0.25, 0.3) is 11.0 Å². The standard InChI is InChI=1S/C11H12ClNO/c1-11(2,13)10-6-7-8(12)4-3-5-9(7)14-10/h3-6H,13H2,1-2H3. The molecule has 2 nitrogen and oxygen atoms in total.